The molecule has 0 N–H and O–H groups in total. The summed E-state index contributed by atoms with van der Waals surface area (Å²) in [5.41, 5.74) is 4.07. The van der Waals surface area contributed by atoms with Crippen molar-refractivity contribution in [2.45, 2.75) is 25.8 Å². The van der Waals surface area contributed by atoms with Crippen LogP contribution in [0, 0.1) is 6.92 Å². The smallest absolute Gasteiger partial charge is 0.266 e. The van der Waals surface area contributed by atoms with E-state index in [1.165, 1.54) is 6.20 Å². The van der Waals surface area contributed by atoms with E-state index in [1.807, 2.05) is 41.9 Å². The maximum Gasteiger partial charge on any atom is 0.266 e. The number of ether oxygens (including phenoxy) is 1. The number of aromatic nitrogens is 5. The van der Waals surface area contributed by atoms with Gasteiger partial charge < -0.3 is 9.64 Å². The second kappa shape index (κ2) is 7.81. The number of benzene rings is 1. The van der Waals surface area contributed by atoms with Crippen LogP contribution >= 0.6 is 0 Å². The fourth-order valence-corrected chi connectivity index (χ4v) is 3.94. The lowest BCUT2D eigenvalue weighted by Gasteiger charge is -2.17. The van der Waals surface area contributed by atoms with Gasteiger partial charge in [0.25, 0.3) is 5.92 Å². The minimum atomic E-state index is -2.69. The fraction of sp³-hybridized carbons (Fsp3) is 0.304. The van der Waals surface area contributed by atoms with E-state index in [0.29, 0.717) is 18.1 Å². The number of fused-ring (bicyclic) bond motifs is 1. The average Bonchev–Trinajstić information content (AvgIpc) is 3.33. The molecule has 1 aliphatic heterocycles. The third kappa shape index (κ3) is 3.86. The van der Waals surface area contributed by atoms with Crippen molar-refractivity contribution < 1.29 is 13.5 Å². The molecule has 0 spiro atoms. The van der Waals surface area contributed by atoms with Crippen LogP contribution in [0.5, 0.6) is 5.75 Å². The molecule has 0 bridgehead atoms. The highest BCUT2D eigenvalue weighted by atomic mass is 19.3. The van der Waals surface area contributed by atoms with E-state index in [2.05, 4.69) is 20.1 Å². The standard InChI is InChI=1S/C23H22F2N6O/c1-15-19-9-17(20-11-26-12-21(28-20)30-8-7-23(24,25)14-30)10-27-22(19)31(29-15)13-16-3-5-18(32-2)6-4-16/h3-6,9-12H,7-8,13-14H2,1-2H3. The second-order valence-electron chi connectivity index (χ2n) is 7.98. The van der Waals surface area contributed by atoms with Crippen LogP contribution in [0.2, 0.25) is 0 Å². The van der Waals surface area contributed by atoms with Gasteiger partial charge in [-0.25, -0.2) is 23.4 Å². The largest absolute Gasteiger partial charge is 0.497 e. The highest BCUT2D eigenvalue weighted by molar-refractivity contribution is 5.83. The molecular weight excluding hydrogens is 414 g/mol. The van der Waals surface area contributed by atoms with Crippen LogP contribution in [0.1, 0.15) is 17.7 Å². The van der Waals surface area contributed by atoms with Crippen LogP contribution < -0.4 is 9.64 Å². The molecular formula is C23H22F2N6O. The average molecular weight is 436 g/mol. The van der Waals surface area contributed by atoms with Crippen molar-refractivity contribution >= 4 is 16.9 Å². The number of rotatable bonds is 5. The highest BCUT2D eigenvalue weighted by Crippen LogP contribution is 2.31. The number of pyridine rings is 1. The lowest BCUT2D eigenvalue weighted by atomic mass is 10.1. The molecule has 7 nitrogen and oxygen atoms in total. The number of hydrogen-bond donors (Lipinski definition) is 0. The van der Waals surface area contributed by atoms with Crippen LogP contribution in [0.15, 0.2) is 48.9 Å². The quantitative estimate of drug-likeness (QED) is 0.469. The van der Waals surface area contributed by atoms with Gasteiger partial charge in [0.2, 0.25) is 0 Å². The summed E-state index contributed by atoms with van der Waals surface area (Å²) in [6.07, 6.45) is 4.70. The van der Waals surface area contributed by atoms with Crippen molar-refractivity contribution in [3.8, 4) is 17.0 Å². The molecule has 0 radical (unpaired) electrons. The lowest BCUT2D eigenvalue weighted by Crippen LogP contribution is -2.25. The van der Waals surface area contributed by atoms with Crippen LogP contribution in [0.4, 0.5) is 14.6 Å². The molecule has 0 amide bonds. The van der Waals surface area contributed by atoms with Crippen molar-refractivity contribution in [2.75, 3.05) is 25.1 Å². The first-order chi connectivity index (χ1) is 15.4. The molecule has 9 heteroatoms. The van der Waals surface area contributed by atoms with E-state index in [1.54, 1.807) is 24.4 Å². The van der Waals surface area contributed by atoms with Crippen molar-refractivity contribution in [1.82, 2.24) is 24.7 Å². The molecule has 4 heterocycles. The number of nitrogens with zero attached hydrogens (tertiary/aromatic N) is 6. The number of anilines is 1. The van der Waals surface area contributed by atoms with Gasteiger partial charge in [0.05, 0.1) is 44.0 Å². The normalized spacial score (nSPS) is 15.4. The number of alkyl halides is 2. The van der Waals surface area contributed by atoms with Gasteiger partial charge in [0.1, 0.15) is 11.6 Å². The SMILES string of the molecule is COc1ccc(Cn2nc(C)c3cc(-c4cncc(N5CCC(F)(F)C5)n4)cnc32)cc1. The Kier molecular flexibility index (Phi) is 4.96. The molecule has 0 unspecified atom stereocenters. The summed E-state index contributed by atoms with van der Waals surface area (Å²) in [6.45, 7) is 2.45. The van der Waals surface area contributed by atoms with Crippen LogP contribution in [0.3, 0.4) is 0 Å². The Morgan fingerprint density at radius 1 is 1.12 bits per heavy atom. The first-order valence-corrected chi connectivity index (χ1v) is 10.3. The van der Waals surface area contributed by atoms with E-state index in [9.17, 15) is 8.78 Å². The Labute approximate surface area is 183 Å². The fourth-order valence-electron chi connectivity index (χ4n) is 3.94. The van der Waals surface area contributed by atoms with E-state index >= 15 is 0 Å². The zero-order valence-electron chi connectivity index (χ0n) is 17.8. The van der Waals surface area contributed by atoms with Crippen molar-refractivity contribution in [2.24, 2.45) is 0 Å². The van der Waals surface area contributed by atoms with Crippen LogP contribution in [-0.4, -0.2) is 50.9 Å². The van der Waals surface area contributed by atoms with Gasteiger partial charge in [-0.15, -0.1) is 0 Å². The number of aryl methyl sites for hydroxylation is 1. The van der Waals surface area contributed by atoms with Crippen LogP contribution in [0.25, 0.3) is 22.3 Å². The molecule has 1 saturated heterocycles. The first kappa shape index (κ1) is 20.3. The van der Waals surface area contributed by atoms with E-state index in [0.717, 1.165) is 33.6 Å². The zero-order valence-corrected chi connectivity index (χ0v) is 17.8. The Balaban J connectivity index is 1.44. The molecule has 3 aromatic heterocycles. The van der Waals surface area contributed by atoms with Crippen LogP contribution in [-0.2, 0) is 6.54 Å². The summed E-state index contributed by atoms with van der Waals surface area (Å²) < 4.78 is 34.3. The minimum absolute atomic E-state index is 0.168. The van der Waals surface area contributed by atoms with E-state index in [4.69, 9.17) is 4.74 Å². The van der Waals surface area contributed by atoms with E-state index in [-0.39, 0.29) is 19.5 Å². The highest BCUT2D eigenvalue weighted by Gasteiger charge is 2.38. The van der Waals surface area contributed by atoms with E-state index < -0.39 is 5.92 Å². The van der Waals surface area contributed by atoms with Gasteiger partial charge in [0.15, 0.2) is 5.65 Å². The predicted octanol–water partition coefficient (Wildman–Crippen LogP) is 4.10. The van der Waals surface area contributed by atoms with Gasteiger partial charge in [-0.05, 0) is 30.7 Å². The van der Waals surface area contributed by atoms with Gasteiger partial charge in [0, 0.05) is 30.1 Å². The lowest BCUT2D eigenvalue weighted by molar-refractivity contribution is 0.0256. The molecule has 1 aromatic carbocycles. The zero-order chi connectivity index (χ0) is 22.3. The minimum Gasteiger partial charge on any atom is -0.497 e. The maximum atomic E-state index is 13.6. The Morgan fingerprint density at radius 2 is 1.94 bits per heavy atom. The van der Waals surface area contributed by atoms with Crippen molar-refractivity contribution in [1.29, 1.82) is 0 Å². The summed E-state index contributed by atoms with van der Waals surface area (Å²) in [4.78, 5) is 15.0. The number of methoxy groups -OCH3 is 1. The molecule has 0 aliphatic carbocycles. The Hall–Kier alpha value is -3.62. The third-order valence-corrected chi connectivity index (χ3v) is 5.67. The predicted molar refractivity (Wildman–Crippen MR) is 117 cm³/mol. The number of halogens is 2. The van der Waals surface area contributed by atoms with Gasteiger partial charge in [-0.3, -0.25) is 4.98 Å². The summed E-state index contributed by atoms with van der Waals surface area (Å²) in [6, 6.07) is 9.81. The second-order valence-corrected chi connectivity index (χ2v) is 7.98. The van der Waals surface area contributed by atoms with Crippen molar-refractivity contribution in [3.05, 3.63) is 60.2 Å². The topological polar surface area (TPSA) is 69.0 Å². The summed E-state index contributed by atoms with van der Waals surface area (Å²) in [7, 11) is 1.64. The molecule has 32 heavy (non-hydrogen) atoms. The summed E-state index contributed by atoms with van der Waals surface area (Å²) >= 11 is 0. The molecule has 5 rings (SSSR count). The summed E-state index contributed by atoms with van der Waals surface area (Å²) in [5, 5.41) is 5.57. The monoisotopic (exact) mass is 436 g/mol. The van der Waals surface area contributed by atoms with Gasteiger partial charge in [-0.1, -0.05) is 12.1 Å². The molecule has 4 aromatic rings. The van der Waals surface area contributed by atoms with Crippen molar-refractivity contribution in [3.63, 3.8) is 0 Å². The molecule has 164 valence electrons. The molecule has 1 aliphatic rings. The maximum absolute atomic E-state index is 13.6. The van der Waals surface area contributed by atoms with Gasteiger partial charge >= 0.3 is 0 Å². The molecule has 1 fully saturated rings. The summed E-state index contributed by atoms with van der Waals surface area (Å²) in [5.74, 6) is -1.43. The molecule has 0 atom stereocenters. The first-order valence-electron chi connectivity index (χ1n) is 10.3. The Morgan fingerprint density at radius 3 is 2.66 bits per heavy atom. The van der Waals surface area contributed by atoms with Gasteiger partial charge in [-0.2, -0.15) is 5.10 Å². The molecule has 0 saturated carbocycles. The number of hydrogen-bond acceptors (Lipinski definition) is 6. The Bertz CT molecular complexity index is 1270. The third-order valence-electron chi connectivity index (χ3n) is 5.67.